The molecule has 0 atom stereocenters. The first-order valence-electron chi connectivity index (χ1n) is 3.19. The van der Waals surface area contributed by atoms with E-state index >= 15 is 0 Å². The van der Waals surface area contributed by atoms with E-state index in [4.69, 9.17) is 12.2 Å². The van der Waals surface area contributed by atoms with Crippen LogP contribution in [0.1, 0.15) is 5.69 Å². The van der Waals surface area contributed by atoms with E-state index < -0.39 is 16.0 Å². The average molecular weight is 243 g/mol. The monoisotopic (exact) mass is 243 g/mol. The van der Waals surface area contributed by atoms with Crippen molar-refractivity contribution in [2.24, 2.45) is 0 Å². The van der Waals surface area contributed by atoms with Gasteiger partial charge in [0.15, 0.2) is 0 Å². The Morgan fingerprint density at radius 1 is 1.71 bits per heavy atom. The van der Waals surface area contributed by atoms with E-state index in [0.29, 0.717) is 5.69 Å². The molecule has 1 aromatic rings. The van der Waals surface area contributed by atoms with Gasteiger partial charge < -0.3 is 14.9 Å². The Balaban J connectivity index is 0.00000169. The molecule has 1 heterocycles. The molecule has 6 nitrogen and oxygen atoms in total. The molecular formula is C5H6N3NaO3S2. The van der Waals surface area contributed by atoms with Crippen LogP contribution < -0.4 is 34.9 Å². The number of aromatic nitrogens is 2. The Bertz CT molecular complexity index is 388. The van der Waals surface area contributed by atoms with Crippen molar-refractivity contribution in [1.82, 2.24) is 15.3 Å². The van der Waals surface area contributed by atoms with E-state index in [0.717, 1.165) is 0 Å². The van der Waals surface area contributed by atoms with Crippen molar-refractivity contribution in [2.75, 3.05) is 5.88 Å². The van der Waals surface area contributed by atoms with Gasteiger partial charge in [-0.2, -0.15) is 0 Å². The molecule has 0 bridgehead atoms. The third-order valence-electron chi connectivity index (χ3n) is 1.15. The number of imidazole rings is 1. The molecule has 9 heteroatoms. The number of hydrogen-bond acceptors (Lipinski definition) is 5. The maximum atomic E-state index is 10.2. The Morgan fingerprint density at radius 3 is 2.79 bits per heavy atom. The quantitative estimate of drug-likeness (QED) is 0.321. The Labute approximate surface area is 109 Å². The molecular weight excluding hydrogens is 237 g/mol. The number of nitrogens with zero attached hydrogens (tertiary/aromatic N) is 1. The molecule has 0 amide bonds. The predicted octanol–water partition coefficient (Wildman–Crippen LogP) is -3.82. The molecule has 0 saturated carbocycles. The summed E-state index contributed by atoms with van der Waals surface area (Å²) in [6.07, 6.45) is 2.82. The van der Waals surface area contributed by atoms with Crippen molar-refractivity contribution < 1.29 is 42.5 Å². The van der Waals surface area contributed by atoms with Gasteiger partial charge >= 0.3 is 29.6 Å². The second kappa shape index (κ2) is 5.79. The molecule has 2 N–H and O–H groups in total. The molecule has 1 rings (SSSR count). The van der Waals surface area contributed by atoms with Crippen LogP contribution in [0.25, 0.3) is 0 Å². The van der Waals surface area contributed by atoms with Gasteiger partial charge in [-0.05, 0) is 0 Å². The number of thiocarbonyl (C=S) groups is 1. The standard InChI is InChI=1S/C5H7N3O3S2.Na/c9-13(10,11)3-8-5(12)4-1-6-2-7-4;/h1-2H,3H2,(H,6,7)(H,8,12)(H,9,10,11);/q;+1/p-1. The molecule has 0 aromatic carbocycles. The molecule has 0 unspecified atom stereocenters. The first kappa shape index (κ1) is 14.0. The van der Waals surface area contributed by atoms with Crippen molar-refractivity contribution in [1.29, 1.82) is 0 Å². The Morgan fingerprint density at radius 2 is 2.36 bits per heavy atom. The van der Waals surface area contributed by atoms with Crippen LogP contribution in [0.5, 0.6) is 0 Å². The van der Waals surface area contributed by atoms with Crippen LogP contribution in [0.4, 0.5) is 0 Å². The maximum Gasteiger partial charge on any atom is 1.00 e. The summed E-state index contributed by atoms with van der Waals surface area (Å²) < 4.78 is 30.6. The van der Waals surface area contributed by atoms with E-state index in [9.17, 15) is 13.0 Å². The zero-order valence-corrected chi connectivity index (χ0v) is 11.0. The first-order chi connectivity index (χ1) is 5.99. The maximum absolute atomic E-state index is 10.2. The van der Waals surface area contributed by atoms with Gasteiger partial charge in [0.2, 0.25) is 0 Å². The summed E-state index contributed by atoms with van der Waals surface area (Å²) >= 11 is 4.76. The number of hydrogen-bond donors (Lipinski definition) is 2. The van der Waals surface area contributed by atoms with Crippen LogP contribution in [0, 0.1) is 0 Å². The molecule has 0 radical (unpaired) electrons. The summed E-state index contributed by atoms with van der Waals surface area (Å²) in [5.74, 6) is -0.717. The van der Waals surface area contributed by atoms with E-state index in [1.54, 1.807) is 0 Å². The number of H-pyrrole nitrogens is 1. The van der Waals surface area contributed by atoms with Gasteiger partial charge in [-0.1, -0.05) is 12.2 Å². The van der Waals surface area contributed by atoms with Crippen molar-refractivity contribution in [3.63, 3.8) is 0 Å². The van der Waals surface area contributed by atoms with Gasteiger partial charge in [-0.15, -0.1) is 0 Å². The summed E-state index contributed by atoms with van der Waals surface area (Å²) in [6, 6.07) is 0. The van der Waals surface area contributed by atoms with Gasteiger partial charge in [-0.25, -0.2) is 13.4 Å². The fourth-order valence-corrected chi connectivity index (χ4v) is 1.23. The zero-order chi connectivity index (χ0) is 9.90. The van der Waals surface area contributed by atoms with Crippen LogP contribution in [0.2, 0.25) is 0 Å². The van der Waals surface area contributed by atoms with Crippen molar-refractivity contribution in [3.8, 4) is 0 Å². The largest absolute Gasteiger partial charge is 1.00 e. The zero-order valence-electron chi connectivity index (χ0n) is 7.35. The SMILES string of the molecule is O=S(=O)([O-])CNC(=S)c1cnc[nH]1.[Na+]. The van der Waals surface area contributed by atoms with Crippen molar-refractivity contribution in [3.05, 3.63) is 18.2 Å². The van der Waals surface area contributed by atoms with Gasteiger partial charge in [0.05, 0.1) is 18.2 Å². The Hall–Kier alpha value is 0.01000. The molecule has 1 aromatic heterocycles. The normalized spacial score (nSPS) is 10.4. The number of aromatic amines is 1. The third-order valence-corrected chi connectivity index (χ3v) is 2.01. The van der Waals surface area contributed by atoms with Crippen LogP contribution in [-0.2, 0) is 10.1 Å². The van der Waals surface area contributed by atoms with Gasteiger partial charge in [0, 0.05) is 0 Å². The number of nitrogens with one attached hydrogen (secondary N) is 2. The second-order valence-electron chi connectivity index (χ2n) is 2.17. The topological polar surface area (TPSA) is 97.9 Å². The fourth-order valence-electron chi connectivity index (χ4n) is 0.629. The average Bonchev–Trinajstić information content (AvgIpc) is 2.50. The van der Waals surface area contributed by atoms with E-state index in [1.165, 1.54) is 12.5 Å². The minimum Gasteiger partial charge on any atom is -0.747 e. The molecule has 0 aliphatic carbocycles. The summed E-state index contributed by atoms with van der Waals surface area (Å²) in [4.78, 5) is 6.49. The summed E-state index contributed by atoms with van der Waals surface area (Å²) in [5, 5.41) is 2.28. The fraction of sp³-hybridized carbons (Fsp3) is 0.200. The smallest absolute Gasteiger partial charge is 0.747 e. The Kier molecular flexibility index (Phi) is 5.79. The minimum atomic E-state index is -4.29. The molecule has 0 aliphatic heterocycles. The van der Waals surface area contributed by atoms with Gasteiger partial charge in [-0.3, -0.25) is 0 Å². The van der Waals surface area contributed by atoms with Crippen LogP contribution in [0.15, 0.2) is 12.5 Å². The van der Waals surface area contributed by atoms with E-state index in [1.807, 2.05) is 0 Å². The summed E-state index contributed by atoms with van der Waals surface area (Å²) in [5.41, 5.74) is 0.471. The van der Waals surface area contributed by atoms with Crippen molar-refractivity contribution >= 4 is 27.3 Å². The second-order valence-corrected chi connectivity index (χ2v) is 3.99. The number of rotatable bonds is 3. The van der Waals surface area contributed by atoms with Gasteiger partial charge in [0.25, 0.3) is 0 Å². The molecule has 0 fully saturated rings. The predicted molar refractivity (Wildman–Crippen MR) is 48.0 cm³/mol. The molecule has 0 spiro atoms. The molecule has 0 aliphatic rings. The van der Waals surface area contributed by atoms with Crippen LogP contribution >= 0.6 is 12.2 Å². The molecule has 14 heavy (non-hydrogen) atoms. The van der Waals surface area contributed by atoms with Crippen molar-refractivity contribution in [2.45, 2.75) is 0 Å². The summed E-state index contributed by atoms with van der Waals surface area (Å²) in [7, 11) is -4.29. The van der Waals surface area contributed by atoms with Crippen LogP contribution in [-0.4, -0.2) is 33.8 Å². The summed E-state index contributed by atoms with van der Waals surface area (Å²) in [6.45, 7) is 0. The van der Waals surface area contributed by atoms with Crippen LogP contribution in [0.3, 0.4) is 0 Å². The molecule has 0 saturated heterocycles. The third kappa shape index (κ3) is 5.03. The first-order valence-corrected chi connectivity index (χ1v) is 5.18. The minimum absolute atomic E-state index is 0. The van der Waals surface area contributed by atoms with E-state index in [-0.39, 0.29) is 34.5 Å². The van der Waals surface area contributed by atoms with Gasteiger partial charge in [0.1, 0.15) is 21.0 Å². The van der Waals surface area contributed by atoms with E-state index in [2.05, 4.69) is 15.3 Å². The molecule has 72 valence electrons.